The molecule has 0 saturated heterocycles. The van der Waals surface area contributed by atoms with Crippen LogP contribution in [0.3, 0.4) is 0 Å². The molecule has 0 aliphatic carbocycles. The molecular formula is C25H18FNS3. The Morgan fingerprint density at radius 1 is 0.767 bits per heavy atom. The van der Waals surface area contributed by atoms with Gasteiger partial charge in [-0.25, -0.2) is 9.38 Å². The maximum absolute atomic E-state index is 13.3. The number of aliphatic imine (C=N–C) groups is 1. The second kappa shape index (κ2) is 10.4. The van der Waals surface area contributed by atoms with E-state index in [2.05, 4.69) is 29.0 Å². The molecule has 148 valence electrons. The molecule has 1 aromatic heterocycles. The maximum atomic E-state index is 13.3. The minimum absolute atomic E-state index is 0.229. The lowest BCUT2D eigenvalue weighted by atomic mass is 10.2. The summed E-state index contributed by atoms with van der Waals surface area (Å²) in [6.45, 7) is 0. The first-order chi connectivity index (χ1) is 14.8. The Morgan fingerprint density at radius 2 is 1.47 bits per heavy atom. The molecule has 1 heterocycles. The van der Waals surface area contributed by atoms with Gasteiger partial charge in [0.15, 0.2) is 0 Å². The van der Waals surface area contributed by atoms with E-state index >= 15 is 0 Å². The first-order valence-corrected chi connectivity index (χ1v) is 11.9. The van der Waals surface area contributed by atoms with Crippen molar-refractivity contribution in [3.8, 4) is 0 Å². The van der Waals surface area contributed by atoms with Crippen molar-refractivity contribution in [1.82, 2.24) is 0 Å². The fourth-order valence-corrected chi connectivity index (χ4v) is 5.33. The van der Waals surface area contributed by atoms with Crippen LogP contribution >= 0.6 is 34.9 Å². The van der Waals surface area contributed by atoms with Crippen molar-refractivity contribution in [2.24, 2.45) is 4.99 Å². The number of thioether (sulfide) groups is 2. The summed E-state index contributed by atoms with van der Waals surface area (Å²) in [5, 5.41) is 5.10. The molecule has 0 unspecified atom stereocenters. The Labute approximate surface area is 188 Å². The summed E-state index contributed by atoms with van der Waals surface area (Å²) in [6.07, 6.45) is 0. The fraction of sp³-hybridized carbons (Fsp3) is 0. The third kappa shape index (κ3) is 5.72. The van der Waals surface area contributed by atoms with E-state index in [1.54, 1.807) is 47.0 Å². The van der Waals surface area contributed by atoms with Gasteiger partial charge in [0.25, 0.3) is 0 Å². The second-order valence-corrected chi connectivity index (χ2v) is 9.20. The second-order valence-electron chi connectivity index (χ2n) is 6.25. The number of hydrogen-bond donors (Lipinski definition) is 0. The predicted molar refractivity (Wildman–Crippen MR) is 130 cm³/mol. The van der Waals surface area contributed by atoms with E-state index in [1.807, 2.05) is 54.6 Å². The van der Waals surface area contributed by atoms with Gasteiger partial charge in [0.1, 0.15) is 10.9 Å². The van der Waals surface area contributed by atoms with Crippen molar-refractivity contribution in [2.45, 2.75) is 9.79 Å². The monoisotopic (exact) mass is 447 g/mol. The molecule has 0 amide bonds. The van der Waals surface area contributed by atoms with E-state index in [1.165, 1.54) is 12.1 Å². The highest BCUT2D eigenvalue weighted by atomic mass is 32.2. The molecule has 3 aromatic carbocycles. The zero-order valence-corrected chi connectivity index (χ0v) is 18.4. The normalized spacial score (nSPS) is 12.2. The standard InChI is InChI=1S/C25H18FNS3/c26-19-13-15-21(16-14-19)29-18-23(24-12-7-17-28-24)25(27-20-8-3-1-4-9-20)30-22-10-5-2-6-11-22/h1-18H. The van der Waals surface area contributed by atoms with Gasteiger partial charge in [-0.1, -0.05) is 66.0 Å². The van der Waals surface area contributed by atoms with Gasteiger partial charge < -0.3 is 0 Å². The molecule has 0 radical (unpaired) electrons. The van der Waals surface area contributed by atoms with Gasteiger partial charge in [0, 0.05) is 20.2 Å². The molecule has 4 rings (SSSR count). The largest absolute Gasteiger partial charge is 0.241 e. The van der Waals surface area contributed by atoms with Gasteiger partial charge >= 0.3 is 0 Å². The van der Waals surface area contributed by atoms with Gasteiger partial charge in [0.2, 0.25) is 0 Å². The number of benzene rings is 3. The van der Waals surface area contributed by atoms with Gasteiger partial charge in [-0.15, -0.1) is 11.3 Å². The van der Waals surface area contributed by atoms with E-state index in [4.69, 9.17) is 4.99 Å². The topological polar surface area (TPSA) is 12.4 Å². The highest BCUT2D eigenvalue weighted by molar-refractivity contribution is 8.15. The zero-order valence-electron chi connectivity index (χ0n) is 15.9. The van der Waals surface area contributed by atoms with Gasteiger partial charge in [-0.2, -0.15) is 0 Å². The van der Waals surface area contributed by atoms with Crippen LogP contribution in [0.1, 0.15) is 4.88 Å². The molecule has 0 aliphatic rings. The number of para-hydroxylation sites is 1. The molecule has 0 aliphatic heterocycles. The lowest BCUT2D eigenvalue weighted by Crippen LogP contribution is -1.96. The van der Waals surface area contributed by atoms with E-state index in [9.17, 15) is 4.39 Å². The summed E-state index contributed by atoms with van der Waals surface area (Å²) in [4.78, 5) is 8.23. The van der Waals surface area contributed by atoms with Crippen molar-refractivity contribution in [2.75, 3.05) is 0 Å². The zero-order chi connectivity index (χ0) is 20.6. The molecule has 0 N–H and O–H groups in total. The highest BCUT2D eigenvalue weighted by Crippen LogP contribution is 2.35. The lowest BCUT2D eigenvalue weighted by Gasteiger charge is -2.11. The first kappa shape index (κ1) is 20.7. The van der Waals surface area contributed by atoms with Crippen LogP contribution in [0.25, 0.3) is 5.57 Å². The maximum Gasteiger partial charge on any atom is 0.123 e. The van der Waals surface area contributed by atoms with Gasteiger partial charge in [-0.05, 0) is 65.4 Å². The van der Waals surface area contributed by atoms with E-state index in [-0.39, 0.29) is 5.82 Å². The summed E-state index contributed by atoms with van der Waals surface area (Å²) in [5.74, 6) is -0.229. The number of thiophene rings is 1. The Morgan fingerprint density at radius 3 is 2.13 bits per heavy atom. The third-order valence-corrected chi connectivity index (χ3v) is 6.90. The number of halogens is 1. The predicted octanol–water partition coefficient (Wildman–Crippen LogP) is 8.54. The minimum Gasteiger partial charge on any atom is -0.241 e. The van der Waals surface area contributed by atoms with Crippen LogP contribution in [0, 0.1) is 5.82 Å². The molecular weight excluding hydrogens is 429 g/mol. The van der Waals surface area contributed by atoms with Crippen molar-refractivity contribution >= 4 is 51.2 Å². The van der Waals surface area contributed by atoms with Crippen molar-refractivity contribution in [1.29, 1.82) is 0 Å². The summed E-state index contributed by atoms with van der Waals surface area (Å²) in [7, 11) is 0. The van der Waals surface area contributed by atoms with Crippen molar-refractivity contribution < 1.29 is 4.39 Å². The quantitative estimate of drug-likeness (QED) is 0.167. The van der Waals surface area contributed by atoms with E-state index in [0.29, 0.717) is 0 Å². The SMILES string of the molecule is Fc1ccc(SC=C(C(=Nc2ccccc2)Sc2ccccc2)c2cccs2)cc1. The molecule has 0 spiro atoms. The van der Waals surface area contributed by atoms with Crippen LogP contribution in [0.5, 0.6) is 0 Å². The summed E-state index contributed by atoms with van der Waals surface area (Å²) in [5.41, 5.74) is 1.96. The van der Waals surface area contributed by atoms with E-state index in [0.717, 1.165) is 31.0 Å². The third-order valence-electron chi connectivity index (χ3n) is 4.09. The number of hydrogen-bond acceptors (Lipinski definition) is 4. The highest BCUT2D eigenvalue weighted by Gasteiger charge is 2.14. The van der Waals surface area contributed by atoms with Crippen LogP contribution < -0.4 is 0 Å². The Kier molecular flexibility index (Phi) is 7.19. The average Bonchev–Trinajstić information content (AvgIpc) is 3.31. The molecule has 5 heteroatoms. The first-order valence-electron chi connectivity index (χ1n) is 9.31. The molecule has 4 aromatic rings. The van der Waals surface area contributed by atoms with Gasteiger partial charge in [0.05, 0.1) is 5.69 Å². The lowest BCUT2D eigenvalue weighted by molar-refractivity contribution is 0.626. The Hall–Kier alpha value is -2.60. The van der Waals surface area contributed by atoms with Crippen molar-refractivity contribution in [3.63, 3.8) is 0 Å². The minimum atomic E-state index is -0.229. The number of rotatable bonds is 6. The Balaban J connectivity index is 1.75. The molecule has 0 bridgehead atoms. The van der Waals surface area contributed by atoms with Crippen LogP contribution in [0.4, 0.5) is 10.1 Å². The molecule has 0 atom stereocenters. The van der Waals surface area contributed by atoms with Crippen LogP contribution in [0.2, 0.25) is 0 Å². The average molecular weight is 448 g/mol. The van der Waals surface area contributed by atoms with Crippen LogP contribution in [-0.2, 0) is 0 Å². The molecule has 30 heavy (non-hydrogen) atoms. The fourth-order valence-electron chi connectivity index (χ4n) is 2.64. The van der Waals surface area contributed by atoms with Crippen molar-refractivity contribution in [3.05, 3.63) is 119 Å². The number of nitrogens with zero attached hydrogens (tertiary/aromatic N) is 1. The van der Waals surface area contributed by atoms with Gasteiger partial charge in [-0.3, -0.25) is 0 Å². The van der Waals surface area contributed by atoms with Crippen LogP contribution in [0.15, 0.2) is 123 Å². The summed E-state index contributed by atoms with van der Waals surface area (Å²) in [6, 6.07) is 30.9. The van der Waals surface area contributed by atoms with E-state index < -0.39 is 0 Å². The summed E-state index contributed by atoms with van der Waals surface area (Å²) < 4.78 is 13.3. The summed E-state index contributed by atoms with van der Waals surface area (Å²) >= 11 is 4.89. The Bertz CT molecular complexity index is 1120. The molecule has 0 saturated carbocycles. The molecule has 1 nitrogen and oxygen atoms in total. The molecule has 0 fully saturated rings. The smallest absolute Gasteiger partial charge is 0.123 e. The van der Waals surface area contributed by atoms with Crippen LogP contribution in [-0.4, -0.2) is 5.04 Å².